The maximum absolute atomic E-state index is 10.2. The molecule has 3 heteroatoms. The van der Waals surface area contributed by atoms with Crippen molar-refractivity contribution in [3.05, 3.63) is 0 Å². The zero-order chi connectivity index (χ0) is 13.4. The van der Waals surface area contributed by atoms with Gasteiger partial charge in [-0.25, -0.2) is 0 Å². The molecule has 0 bridgehead atoms. The van der Waals surface area contributed by atoms with Gasteiger partial charge in [0.15, 0.2) is 0 Å². The third kappa shape index (κ3) is 6.72. The lowest BCUT2D eigenvalue weighted by molar-refractivity contribution is 0.0690. The largest absolute Gasteiger partial charge is 0.392 e. The van der Waals surface area contributed by atoms with Gasteiger partial charge in [0.2, 0.25) is 0 Å². The molecule has 18 heavy (non-hydrogen) atoms. The van der Waals surface area contributed by atoms with Crippen molar-refractivity contribution < 1.29 is 9.84 Å². The molecule has 1 N–H and O–H groups in total. The van der Waals surface area contributed by atoms with Crippen molar-refractivity contribution >= 4 is 0 Å². The molecule has 0 aromatic heterocycles. The summed E-state index contributed by atoms with van der Waals surface area (Å²) in [7, 11) is 1.74. The molecule has 1 atom stereocenters. The molecule has 1 unspecified atom stereocenters. The maximum atomic E-state index is 10.2. The van der Waals surface area contributed by atoms with Gasteiger partial charge in [0.25, 0.3) is 0 Å². The maximum Gasteiger partial charge on any atom is 0.0669 e. The average Bonchev–Trinajstić information content (AvgIpc) is 2.77. The summed E-state index contributed by atoms with van der Waals surface area (Å²) in [5, 5.41) is 10.2. The molecular weight excluding hydrogens is 226 g/mol. The second-order valence-corrected chi connectivity index (χ2v) is 6.19. The van der Waals surface area contributed by atoms with E-state index >= 15 is 0 Å². The predicted octanol–water partition coefficient (Wildman–Crippen LogP) is 2.53. The molecule has 1 fully saturated rings. The van der Waals surface area contributed by atoms with Crippen LogP contribution in [0.15, 0.2) is 0 Å². The Kier molecular flexibility index (Phi) is 7.87. The smallest absolute Gasteiger partial charge is 0.0669 e. The Labute approximate surface area is 113 Å². The monoisotopic (exact) mass is 257 g/mol. The van der Waals surface area contributed by atoms with E-state index in [4.69, 9.17) is 4.74 Å². The fraction of sp³-hybridized carbons (Fsp3) is 1.00. The van der Waals surface area contributed by atoms with Crippen LogP contribution in [-0.4, -0.2) is 49.5 Å². The van der Waals surface area contributed by atoms with E-state index < -0.39 is 0 Å². The Hall–Kier alpha value is -0.120. The molecule has 0 spiro atoms. The first-order valence-electron chi connectivity index (χ1n) is 7.51. The number of nitrogens with zero attached hydrogens (tertiary/aromatic N) is 1. The summed E-state index contributed by atoms with van der Waals surface area (Å²) < 4.78 is 5.15. The highest BCUT2D eigenvalue weighted by molar-refractivity contribution is 4.74. The fourth-order valence-corrected chi connectivity index (χ4v) is 3.00. The van der Waals surface area contributed by atoms with Crippen molar-refractivity contribution in [2.24, 2.45) is 11.8 Å². The molecular formula is C15H31NO2. The van der Waals surface area contributed by atoms with Gasteiger partial charge in [-0.05, 0) is 18.3 Å². The zero-order valence-electron chi connectivity index (χ0n) is 12.4. The number of hydrogen-bond donors (Lipinski definition) is 1. The number of hydrogen-bond acceptors (Lipinski definition) is 3. The summed E-state index contributed by atoms with van der Waals surface area (Å²) >= 11 is 0. The average molecular weight is 257 g/mol. The Balaban J connectivity index is 2.27. The summed E-state index contributed by atoms with van der Waals surface area (Å²) in [5.41, 5.74) is 0. The number of aliphatic hydroxyl groups excluding tert-OH is 1. The molecule has 0 heterocycles. The molecule has 108 valence electrons. The molecule has 0 saturated heterocycles. The van der Waals surface area contributed by atoms with E-state index in [9.17, 15) is 5.11 Å². The van der Waals surface area contributed by atoms with Gasteiger partial charge in [0.1, 0.15) is 0 Å². The number of rotatable bonds is 9. The standard InChI is InChI=1S/C15H31NO2/c1-13(2)11-16(8-9-18-3)12-15(17)10-14-6-4-5-7-14/h13-15,17H,4-12H2,1-3H3. The van der Waals surface area contributed by atoms with Crippen LogP contribution in [0.3, 0.4) is 0 Å². The van der Waals surface area contributed by atoms with Crippen molar-refractivity contribution in [3.63, 3.8) is 0 Å². The van der Waals surface area contributed by atoms with E-state index in [0.717, 1.165) is 38.6 Å². The quantitative estimate of drug-likeness (QED) is 0.689. The van der Waals surface area contributed by atoms with Crippen LogP contribution in [0, 0.1) is 11.8 Å². The van der Waals surface area contributed by atoms with Crippen LogP contribution in [0.1, 0.15) is 46.0 Å². The molecule has 0 amide bonds. The van der Waals surface area contributed by atoms with E-state index in [1.807, 2.05) is 0 Å². The van der Waals surface area contributed by atoms with Crippen molar-refractivity contribution in [2.45, 2.75) is 52.1 Å². The van der Waals surface area contributed by atoms with Crippen molar-refractivity contribution in [3.8, 4) is 0 Å². The fourth-order valence-electron chi connectivity index (χ4n) is 3.00. The lowest BCUT2D eigenvalue weighted by atomic mass is 9.99. The van der Waals surface area contributed by atoms with Gasteiger partial charge in [0.05, 0.1) is 12.7 Å². The molecule has 1 saturated carbocycles. The van der Waals surface area contributed by atoms with E-state index in [-0.39, 0.29) is 6.10 Å². The number of aliphatic hydroxyl groups is 1. The van der Waals surface area contributed by atoms with Gasteiger partial charge in [-0.3, -0.25) is 4.90 Å². The second-order valence-electron chi connectivity index (χ2n) is 6.19. The van der Waals surface area contributed by atoms with E-state index in [1.54, 1.807) is 7.11 Å². The first kappa shape index (κ1) is 15.9. The molecule has 1 aliphatic rings. The van der Waals surface area contributed by atoms with Gasteiger partial charge in [-0.15, -0.1) is 0 Å². The minimum absolute atomic E-state index is 0.163. The molecule has 1 aliphatic carbocycles. The molecule has 0 aliphatic heterocycles. The Morgan fingerprint density at radius 3 is 2.44 bits per heavy atom. The summed E-state index contributed by atoms with van der Waals surface area (Å²) in [6.45, 7) is 7.98. The molecule has 1 rings (SSSR count). The van der Waals surface area contributed by atoms with Crippen LogP contribution in [-0.2, 0) is 4.74 Å². The van der Waals surface area contributed by atoms with Gasteiger partial charge >= 0.3 is 0 Å². The van der Waals surface area contributed by atoms with Gasteiger partial charge in [-0.2, -0.15) is 0 Å². The Morgan fingerprint density at radius 1 is 1.22 bits per heavy atom. The number of ether oxygens (including phenoxy) is 1. The van der Waals surface area contributed by atoms with Crippen LogP contribution in [0.25, 0.3) is 0 Å². The van der Waals surface area contributed by atoms with Crippen molar-refractivity contribution in [1.29, 1.82) is 0 Å². The lowest BCUT2D eigenvalue weighted by Crippen LogP contribution is -2.37. The van der Waals surface area contributed by atoms with Crippen LogP contribution < -0.4 is 0 Å². The highest BCUT2D eigenvalue weighted by atomic mass is 16.5. The van der Waals surface area contributed by atoms with E-state index in [0.29, 0.717) is 5.92 Å². The van der Waals surface area contributed by atoms with Gasteiger partial charge in [0, 0.05) is 26.7 Å². The van der Waals surface area contributed by atoms with Crippen LogP contribution >= 0.6 is 0 Å². The summed E-state index contributed by atoms with van der Waals surface area (Å²) in [6.07, 6.45) is 6.18. The number of methoxy groups -OCH3 is 1. The highest BCUT2D eigenvalue weighted by Crippen LogP contribution is 2.28. The Bertz CT molecular complexity index is 203. The zero-order valence-corrected chi connectivity index (χ0v) is 12.4. The Morgan fingerprint density at radius 2 is 1.89 bits per heavy atom. The van der Waals surface area contributed by atoms with E-state index in [2.05, 4.69) is 18.7 Å². The summed E-state index contributed by atoms with van der Waals surface area (Å²) in [5.74, 6) is 1.41. The molecule has 0 aromatic carbocycles. The summed E-state index contributed by atoms with van der Waals surface area (Å²) in [6, 6.07) is 0. The van der Waals surface area contributed by atoms with Crippen molar-refractivity contribution in [2.75, 3.05) is 33.4 Å². The molecule has 0 aromatic rings. The minimum atomic E-state index is -0.163. The summed E-state index contributed by atoms with van der Waals surface area (Å²) in [4.78, 5) is 2.34. The normalized spacial score (nSPS) is 19.0. The van der Waals surface area contributed by atoms with Crippen LogP contribution in [0.2, 0.25) is 0 Å². The van der Waals surface area contributed by atoms with E-state index in [1.165, 1.54) is 25.7 Å². The van der Waals surface area contributed by atoms with Crippen LogP contribution in [0.5, 0.6) is 0 Å². The topological polar surface area (TPSA) is 32.7 Å². The third-order valence-corrected chi connectivity index (χ3v) is 3.78. The van der Waals surface area contributed by atoms with Crippen LogP contribution in [0.4, 0.5) is 0 Å². The molecule has 0 radical (unpaired) electrons. The minimum Gasteiger partial charge on any atom is -0.392 e. The molecule has 3 nitrogen and oxygen atoms in total. The predicted molar refractivity (Wildman–Crippen MR) is 75.7 cm³/mol. The van der Waals surface area contributed by atoms with Gasteiger partial charge in [-0.1, -0.05) is 39.5 Å². The van der Waals surface area contributed by atoms with Crippen molar-refractivity contribution in [1.82, 2.24) is 4.90 Å². The third-order valence-electron chi connectivity index (χ3n) is 3.78. The second kappa shape index (κ2) is 8.89. The van der Waals surface area contributed by atoms with Gasteiger partial charge < -0.3 is 9.84 Å². The lowest BCUT2D eigenvalue weighted by Gasteiger charge is -2.27. The SMILES string of the molecule is COCCN(CC(C)C)CC(O)CC1CCCC1. The first-order valence-corrected chi connectivity index (χ1v) is 7.51. The first-order chi connectivity index (χ1) is 8.61. The highest BCUT2D eigenvalue weighted by Gasteiger charge is 2.20.